The molecule has 0 heterocycles. The Bertz CT molecular complexity index is 790. The fourth-order valence-corrected chi connectivity index (χ4v) is 3.48. The summed E-state index contributed by atoms with van der Waals surface area (Å²) in [6, 6.07) is 17.1. The minimum Gasteiger partial charge on any atom is -0.494 e. The third-order valence-corrected chi connectivity index (χ3v) is 5.11. The molecule has 0 spiro atoms. The van der Waals surface area contributed by atoms with Crippen molar-refractivity contribution >= 4 is 17.6 Å². The standard InChI is InChI=1S/C25H30O3/c1-2-25(26)28-18-7-3-6-17-27-24-15-13-21(14-16-24)23-12-8-11-20-9-4-5-10-22(20)19-23/h4-5,9-10,13-16,19H,2-3,6-8,11-12,17-18H2,1H3. The van der Waals surface area contributed by atoms with E-state index in [1.54, 1.807) is 0 Å². The molecule has 0 bridgehead atoms. The van der Waals surface area contributed by atoms with Crippen molar-refractivity contribution in [2.75, 3.05) is 13.2 Å². The first-order valence-corrected chi connectivity index (χ1v) is 10.4. The third kappa shape index (κ3) is 5.98. The fraction of sp³-hybridized carbons (Fsp3) is 0.400. The van der Waals surface area contributed by atoms with Crippen LogP contribution in [0.3, 0.4) is 0 Å². The van der Waals surface area contributed by atoms with Gasteiger partial charge in [-0.1, -0.05) is 49.4 Å². The molecule has 28 heavy (non-hydrogen) atoms. The van der Waals surface area contributed by atoms with Crippen molar-refractivity contribution in [3.8, 4) is 5.75 Å². The maximum atomic E-state index is 11.1. The summed E-state index contributed by atoms with van der Waals surface area (Å²) in [6.07, 6.45) is 9.09. The van der Waals surface area contributed by atoms with Gasteiger partial charge >= 0.3 is 5.97 Å². The highest BCUT2D eigenvalue weighted by atomic mass is 16.5. The van der Waals surface area contributed by atoms with Crippen LogP contribution in [-0.2, 0) is 16.0 Å². The van der Waals surface area contributed by atoms with E-state index in [2.05, 4.69) is 54.6 Å². The zero-order valence-electron chi connectivity index (χ0n) is 16.8. The maximum absolute atomic E-state index is 11.1. The smallest absolute Gasteiger partial charge is 0.305 e. The lowest BCUT2D eigenvalue weighted by Crippen LogP contribution is -2.04. The average Bonchev–Trinajstić information content (AvgIpc) is 2.96. The monoisotopic (exact) mass is 378 g/mol. The number of carbonyl (C=O) groups excluding carboxylic acids is 1. The van der Waals surface area contributed by atoms with Crippen LogP contribution in [0.1, 0.15) is 62.1 Å². The quantitative estimate of drug-likeness (QED) is 0.393. The Morgan fingerprint density at radius 2 is 1.71 bits per heavy atom. The van der Waals surface area contributed by atoms with Gasteiger partial charge in [-0.25, -0.2) is 0 Å². The molecule has 3 rings (SSSR count). The summed E-state index contributed by atoms with van der Waals surface area (Å²) in [4.78, 5) is 11.1. The number of ether oxygens (including phenoxy) is 2. The van der Waals surface area contributed by atoms with E-state index in [1.165, 1.54) is 28.7 Å². The van der Waals surface area contributed by atoms with Crippen molar-refractivity contribution in [1.29, 1.82) is 0 Å². The van der Waals surface area contributed by atoms with Crippen LogP contribution < -0.4 is 4.74 Å². The predicted molar refractivity (Wildman–Crippen MR) is 114 cm³/mol. The first-order valence-electron chi connectivity index (χ1n) is 10.4. The third-order valence-electron chi connectivity index (χ3n) is 5.11. The van der Waals surface area contributed by atoms with Gasteiger partial charge in [0.25, 0.3) is 0 Å². The number of carbonyl (C=O) groups is 1. The highest BCUT2D eigenvalue weighted by Crippen LogP contribution is 2.30. The molecule has 0 radical (unpaired) electrons. The molecule has 0 saturated carbocycles. The molecule has 0 aromatic heterocycles. The zero-order chi connectivity index (χ0) is 19.6. The number of allylic oxidation sites excluding steroid dienone is 1. The van der Waals surface area contributed by atoms with E-state index in [-0.39, 0.29) is 5.97 Å². The second-order valence-electron chi connectivity index (χ2n) is 7.23. The minimum atomic E-state index is -0.122. The first kappa shape index (κ1) is 20.2. The van der Waals surface area contributed by atoms with E-state index in [9.17, 15) is 4.79 Å². The van der Waals surface area contributed by atoms with Crippen molar-refractivity contribution in [3.63, 3.8) is 0 Å². The van der Waals surface area contributed by atoms with Crippen LogP contribution in [0.15, 0.2) is 48.5 Å². The SMILES string of the molecule is CCC(=O)OCCCCCOc1ccc(C2=Cc3ccccc3CCC2)cc1. The van der Waals surface area contributed by atoms with E-state index in [0.717, 1.165) is 37.9 Å². The number of hydrogen-bond donors (Lipinski definition) is 0. The minimum absolute atomic E-state index is 0.122. The second-order valence-corrected chi connectivity index (χ2v) is 7.23. The summed E-state index contributed by atoms with van der Waals surface area (Å²) < 4.78 is 10.9. The molecule has 0 atom stereocenters. The molecule has 0 saturated heterocycles. The van der Waals surface area contributed by atoms with Crippen LogP contribution in [-0.4, -0.2) is 19.2 Å². The van der Waals surface area contributed by atoms with Crippen LogP contribution in [0.4, 0.5) is 0 Å². The summed E-state index contributed by atoms with van der Waals surface area (Å²) in [7, 11) is 0. The fourth-order valence-electron chi connectivity index (χ4n) is 3.48. The lowest BCUT2D eigenvalue weighted by atomic mass is 10.0. The van der Waals surface area contributed by atoms with Crippen LogP contribution in [0.25, 0.3) is 11.6 Å². The molecule has 1 aliphatic carbocycles. The van der Waals surface area contributed by atoms with Gasteiger partial charge in [-0.3, -0.25) is 4.79 Å². The van der Waals surface area contributed by atoms with Crippen LogP contribution in [0.2, 0.25) is 0 Å². The Balaban J connectivity index is 1.45. The molecule has 148 valence electrons. The Kier molecular flexibility index (Phi) is 7.71. The Morgan fingerprint density at radius 3 is 2.54 bits per heavy atom. The molecule has 0 N–H and O–H groups in total. The van der Waals surface area contributed by atoms with E-state index in [1.807, 2.05) is 6.92 Å². The largest absolute Gasteiger partial charge is 0.494 e. The topological polar surface area (TPSA) is 35.5 Å². The van der Waals surface area contributed by atoms with Crippen LogP contribution in [0.5, 0.6) is 5.75 Å². The van der Waals surface area contributed by atoms with Crippen LogP contribution in [0, 0.1) is 0 Å². The number of fused-ring (bicyclic) bond motifs is 1. The average molecular weight is 379 g/mol. The van der Waals surface area contributed by atoms with Gasteiger partial charge in [0.05, 0.1) is 13.2 Å². The zero-order valence-corrected chi connectivity index (χ0v) is 16.8. The molecule has 1 aliphatic rings. The van der Waals surface area contributed by atoms with Crippen LogP contribution >= 0.6 is 0 Å². The number of aryl methyl sites for hydroxylation is 1. The predicted octanol–water partition coefficient (Wildman–Crippen LogP) is 6.07. The summed E-state index contributed by atoms with van der Waals surface area (Å²) in [5.74, 6) is 0.791. The van der Waals surface area contributed by atoms with Gasteiger partial charge in [0.15, 0.2) is 0 Å². The first-order chi connectivity index (χ1) is 13.8. The van der Waals surface area contributed by atoms with E-state index in [0.29, 0.717) is 19.6 Å². The molecule has 3 heteroatoms. The van der Waals surface area contributed by atoms with Gasteiger partial charge in [-0.2, -0.15) is 0 Å². The number of unbranched alkanes of at least 4 members (excludes halogenated alkanes) is 2. The van der Waals surface area contributed by atoms with E-state index >= 15 is 0 Å². The van der Waals surface area contributed by atoms with Gasteiger partial charge in [-0.15, -0.1) is 0 Å². The number of hydrogen-bond acceptors (Lipinski definition) is 3. The second kappa shape index (κ2) is 10.7. The Hall–Kier alpha value is -2.55. The van der Waals surface area contributed by atoms with Crippen molar-refractivity contribution in [1.82, 2.24) is 0 Å². The van der Waals surface area contributed by atoms with Crippen molar-refractivity contribution in [3.05, 3.63) is 65.2 Å². The molecule has 0 aliphatic heterocycles. The Labute approximate surface area is 168 Å². The molecule has 2 aromatic rings. The highest BCUT2D eigenvalue weighted by Gasteiger charge is 2.10. The summed E-state index contributed by atoms with van der Waals surface area (Å²) in [6.45, 7) is 3.02. The van der Waals surface area contributed by atoms with Gasteiger partial charge in [0.1, 0.15) is 5.75 Å². The normalized spacial score (nSPS) is 13.2. The number of benzene rings is 2. The van der Waals surface area contributed by atoms with Crippen molar-refractivity contribution < 1.29 is 14.3 Å². The maximum Gasteiger partial charge on any atom is 0.305 e. The van der Waals surface area contributed by atoms with Gasteiger partial charge < -0.3 is 9.47 Å². The molecule has 0 fully saturated rings. The van der Waals surface area contributed by atoms with Gasteiger partial charge in [0.2, 0.25) is 0 Å². The number of esters is 1. The van der Waals surface area contributed by atoms with Gasteiger partial charge in [-0.05, 0) is 72.9 Å². The molecular formula is C25H30O3. The van der Waals surface area contributed by atoms with Gasteiger partial charge in [0, 0.05) is 6.42 Å². The lowest BCUT2D eigenvalue weighted by molar-refractivity contribution is -0.143. The summed E-state index contributed by atoms with van der Waals surface area (Å²) in [5.41, 5.74) is 5.47. The lowest BCUT2D eigenvalue weighted by Gasteiger charge is -2.09. The Morgan fingerprint density at radius 1 is 0.929 bits per heavy atom. The molecule has 3 nitrogen and oxygen atoms in total. The summed E-state index contributed by atoms with van der Waals surface area (Å²) >= 11 is 0. The molecule has 0 amide bonds. The highest BCUT2D eigenvalue weighted by molar-refractivity contribution is 5.83. The van der Waals surface area contributed by atoms with Crippen molar-refractivity contribution in [2.45, 2.75) is 51.9 Å². The molecule has 2 aromatic carbocycles. The molecule has 0 unspecified atom stereocenters. The summed E-state index contributed by atoms with van der Waals surface area (Å²) in [5, 5.41) is 0. The van der Waals surface area contributed by atoms with E-state index in [4.69, 9.17) is 9.47 Å². The van der Waals surface area contributed by atoms with E-state index < -0.39 is 0 Å². The van der Waals surface area contributed by atoms with Crippen molar-refractivity contribution in [2.24, 2.45) is 0 Å². The number of rotatable bonds is 9. The molecular weight excluding hydrogens is 348 g/mol.